The van der Waals surface area contributed by atoms with E-state index in [1.165, 1.54) is 67.2 Å². The summed E-state index contributed by atoms with van der Waals surface area (Å²) in [6, 6.07) is 15.5. The molecule has 46 heavy (non-hydrogen) atoms. The Morgan fingerprint density at radius 2 is 1.00 bits per heavy atom. The van der Waals surface area contributed by atoms with Gasteiger partial charge in [0.2, 0.25) is 0 Å². The van der Waals surface area contributed by atoms with Gasteiger partial charge in [-0.15, -0.1) is 0 Å². The molecule has 5 rings (SSSR count). The predicted molar refractivity (Wildman–Crippen MR) is 204 cm³/mol. The van der Waals surface area contributed by atoms with Crippen molar-refractivity contribution >= 4 is 33.3 Å². The molecule has 6 heteroatoms. The molecule has 0 aliphatic carbocycles. The Hall–Kier alpha value is -1.86. The van der Waals surface area contributed by atoms with Crippen molar-refractivity contribution in [2.45, 2.75) is 153 Å². The van der Waals surface area contributed by atoms with Crippen LogP contribution in [0.5, 0.6) is 23.0 Å². The van der Waals surface area contributed by atoms with Crippen LogP contribution >= 0.6 is 11.3 Å². The van der Waals surface area contributed by atoms with E-state index < -0.39 is 30.0 Å². The van der Waals surface area contributed by atoms with Crippen molar-refractivity contribution in [1.29, 1.82) is 0 Å². The van der Waals surface area contributed by atoms with E-state index in [-0.39, 0.29) is 0 Å². The summed E-state index contributed by atoms with van der Waals surface area (Å²) in [7, 11) is 0. The van der Waals surface area contributed by atoms with Crippen molar-refractivity contribution in [2.75, 3.05) is 0 Å². The molecule has 1 aromatic heterocycles. The van der Waals surface area contributed by atoms with Crippen LogP contribution in [-0.2, 0) is 0 Å². The van der Waals surface area contributed by atoms with Crippen molar-refractivity contribution in [1.82, 2.24) is 0 Å². The number of hydrogen-bond acceptors (Lipinski definition) is 5. The second-order valence-corrected chi connectivity index (χ2v) is 26.7. The number of benzene rings is 2. The van der Waals surface area contributed by atoms with Gasteiger partial charge in [-0.25, -0.2) is 0 Å². The molecule has 3 aromatic rings. The molecule has 258 valence electrons. The Bertz CT molecular complexity index is 1320. The molecule has 0 bridgehead atoms. The molecule has 0 unspecified atom stereocenters. The minimum atomic E-state index is -2.82. The Morgan fingerprint density at radius 1 is 0.543 bits per heavy atom. The van der Waals surface area contributed by atoms with Gasteiger partial charge in [-0.1, -0.05) is 41.5 Å². The summed E-state index contributed by atoms with van der Waals surface area (Å²) in [6.45, 7) is 27.0. The van der Waals surface area contributed by atoms with E-state index in [0.717, 1.165) is 28.6 Å². The van der Waals surface area contributed by atoms with Crippen molar-refractivity contribution in [3.8, 4) is 43.9 Å². The van der Waals surface area contributed by atoms with Gasteiger partial charge in [0.15, 0.2) is 0 Å². The summed E-state index contributed by atoms with van der Waals surface area (Å²) < 4.78 is 30.7. The quantitative estimate of drug-likeness (QED) is 0.172. The second kappa shape index (κ2) is 18.6. The number of fused-ring (bicyclic) bond motifs is 2. The standard InChI is InChI=1S/C22H19O4S.3C4H9.3C2H6.Sn/c1-21(2)23-15-7-5-13(11-17(15)25-21)19-9-10-20(27-19)14-6-8-16-18(12-14)26-22(3,4)24-16;3*1-3-4-2;3*1-2;/h5-7,9-12H,1-4H3;3*1,3-4H2,2H3;3*1-2H3;. The van der Waals surface area contributed by atoms with Crippen LogP contribution < -0.4 is 22.5 Å². The first-order valence-corrected chi connectivity index (χ1v) is 26.6. The molecule has 2 aliphatic rings. The molecular weight excluding hydrogens is 695 g/mol. The van der Waals surface area contributed by atoms with E-state index in [2.05, 4.69) is 57.2 Å². The summed E-state index contributed by atoms with van der Waals surface area (Å²) >= 11 is -0.984. The van der Waals surface area contributed by atoms with Gasteiger partial charge >= 0.3 is 250 Å². The van der Waals surface area contributed by atoms with Gasteiger partial charge in [0.25, 0.3) is 0 Å². The molecule has 0 radical (unpaired) electrons. The first-order valence-electron chi connectivity index (χ1n) is 18.3. The Balaban J connectivity index is 0.00000116. The number of thiophene rings is 1. The second-order valence-electron chi connectivity index (χ2n) is 12.5. The predicted octanol–water partition coefficient (Wildman–Crippen LogP) is 13.2. The van der Waals surface area contributed by atoms with Crippen LogP contribution in [-0.4, -0.2) is 30.0 Å². The molecule has 2 aliphatic heterocycles. The van der Waals surface area contributed by atoms with E-state index in [0.29, 0.717) is 0 Å². The van der Waals surface area contributed by atoms with Crippen LogP contribution in [0.3, 0.4) is 0 Å². The van der Waals surface area contributed by atoms with Crippen LogP contribution in [0.25, 0.3) is 20.9 Å². The summed E-state index contributed by atoms with van der Waals surface area (Å²) in [5, 5.41) is 0. The van der Waals surface area contributed by atoms with Crippen molar-refractivity contribution in [3.63, 3.8) is 0 Å². The monoisotopic (exact) mass is 760 g/mol. The number of rotatable bonds is 12. The number of hydrogen-bond donors (Lipinski definition) is 0. The minimum absolute atomic E-state index is 0.621. The Morgan fingerprint density at radius 3 is 1.54 bits per heavy atom. The van der Waals surface area contributed by atoms with Gasteiger partial charge < -0.3 is 0 Å². The van der Waals surface area contributed by atoms with E-state index in [4.69, 9.17) is 18.9 Å². The maximum absolute atomic E-state index is 6.60. The fourth-order valence-electron chi connectivity index (χ4n) is 6.20. The molecule has 0 saturated heterocycles. The molecule has 0 saturated carbocycles. The fourth-order valence-corrected chi connectivity index (χ4v) is 23.6. The van der Waals surface area contributed by atoms with Crippen LogP contribution in [0.2, 0.25) is 13.3 Å². The molecule has 0 spiro atoms. The first kappa shape index (κ1) is 40.3. The molecule has 2 aromatic carbocycles. The summed E-state index contributed by atoms with van der Waals surface area (Å²) in [5.74, 6) is 2.36. The maximum atomic E-state index is 6.60. The summed E-state index contributed by atoms with van der Waals surface area (Å²) in [5.41, 5.74) is 2.42. The normalized spacial score (nSPS) is 14.7. The SMILES string of the molecule is CC.CC.CC.CCC[CH2][Sn]([CH2]CCC)([CH2]CCC)[c]1cc(-c2ccc(-c3ccc4c(c3)OC(C)(C)O4)s2)cc2c1OC(C)(C)O2. The molecule has 0 fully saturated rings. The van der Waals surface area contributed by atoms with Gasteiger partial charge in [-0.05, 0) is 0 Å². The van der Waals surface area contributed by atoms with Crippen molar-refractivity contribution in [3.05, 3.63) is 42.5 Å². The zero-order chi connectivity index (χ0) is 34.5. The Labute approximate surface area is 290 Å². The molecular formula is C40H64O4SSn. The number of unbranched alkanes of at least 4 members (excludes halogenated alkanes) is 3. The van der Waals surface area contributed by atoms with Gasteiger partial charge in [0, 0.05) is 0 Å². The van der Waals surface area contributed by atoms with Crippen LogP contribution in [0, 0.1) is 0 Å². The van der Waals surface area contributed by atoms with E-state index >= 15 is 0 Å². The average molecular weight is 760 g/mol. The topological polar surface area (TPSA) is 36.9 Å². The third kappa shape index (κ3) is 9.84. The summed E-state index contributed by atoms with van der Waals surface area (Å²) in [6.07, 6.45) is 7.71. The molecule has 0 atom stereocenters. The molecule has 0 amide bonds. The summed E-state index contributed by atoms with van der Waals surface area (Å²) in [4.78, 5) is 2.50. The Kier molecular flexibility index (Phi) is 16.3. The zero-order valence-electron chi connectivity index (χ0n) is 31.4. The fraction of sp³-hybridized carbons (Fsp3) is 0.600. The molecule has 4 nitrogen and oxygen atoms in total. The average Bonchev–Trinajstić information content (AvgIpc) is 3.76. The van der Waals surface area contributed by atoms with Crippen LogP contribution in [0.1, 0.15) is 129 Å². The van der Waals surface area contributed by atoms with Crippen molar-refractivity contribution < 1.29 is 18.9 Å². The van der Waals surface area contributed by atoms with Gasteiger partial charge in [0.1, 0.15) is 0 Å². The van der Waals surface area contributed by atoms with Crippen molar-refractivity contribution in [2.24, 2.45) is 0 Å². The third-order valence-corrected chi connectivity index (χ3v) is 24.9. The van der Waals surface area contributed by atoms with E-state index in [1.807, 2.05) is 86.6 Å². The van der Waals surface area contributed by atoms with Crippen LogP contribution in [0.15, 0.2) is 42.5 Å². The van der Waals surface area contributed by atoms with Gasteiger partial charge in [0.05, 0.1) is 0 Å². The number of ether oxygens (including phenoxy) is 4. The third-order valence-electron chi connectivity index (χ3n) is 8.19. The first-order chi connectivity index (χ1) is 22.1. The van der Waals surface area contributed by atoms with E-state index in [9.17, 15) is 0 Å². The van der Waals surface area contributed by atoms with Gasteiger partial charge in [-0.2, -0.15) is 0 Å². The van der Waals surface area contributed by atoms with E-state index in [1.54, 1.807) is 3.58 Å². The van der Waals surface area contributed by atoms with Crippen LogP contribution in [0.4, 0.5) is 0 Å². The molecule has 0 N–H and O–H groups in total. The molecule has 3 heterocycles. The zero-order valence-corrected chi connectivity index (χ0v) is 35.1. The van der Waals surface area contributed by atoms with Gasteiger partial charge in [-0.3, -0.25) is 0 Å².